The summed E-state index contributed by atoms with van der Waals surface area (Å²) in [6, 6.07) is 17.1. The molecule has 0 bridgehead atoms. The lowest BCUT2D eigenvalue weighted by Crippen LogP contribution is -2.29. The summed E-state index contributed by atoms with van der Waals surface area (Å²) >= 11 is 0. The van der Waals surface area contributed by atoms with Gasteiger partial charge in [0.1, 0.15) is 0 Å². The Balaban J connectivity index is 1.68. The van der Waals surface area contributed by atoms with Crippen molar-refractivity contribution in [3.8, 4) is 0 Å². The molecule has 0 saturated carbocycles. The van der Waals surface area contributed by atoms with Crippen molar-refractivity contribution in [2.75, 3.05) is 18.0 Å². The largest absolute Gasteiger partial charge is 0.371 e. The van der Waals surface area contributed by atoms with Gasteiger partial charge in [0.05, 0.1) is 0 Å². The van der Waals surface area contributed by atoms with Gasteiger partial charge in [-0.3, -0.25) is 4.98 Å². The molecule has 2 nitrogen and oxygen atoms in total. The minimum atomic E-state index is 1.15. The van der Waals surface area contributed by atoms with Gasteiger partial charge in [0.25, 0.3) is 0 Å². The molecule has 1 fully saturated rings. The quantitative estimate of drug-likeness (QED) is 0.644. The molecule has 0 aliphatic carbocycles. The second kappa shape index (κ2) is 6.88. The topological polar surface area (TPSA) is 16.1 Å². The van der Waals surface area contributed by atoms with E-state index in [9.17, 15) is 0 Å². The van der Waals surface area contributed by atoms with Crippen molar-refractivity contribution in [3.63, 3.8) is 0 Å². The Morgan fingerprint density at radius 1 is 0.792 bits per heavy atom. The lowest BCUT2D eigenvalue weighted by Gasteiger charge is -2.29. The molecule has 2 aromatic carbocycles. The number of hydrogen-bond donors (Lipinski definition) is 0. The molecule has 120 valence electrons. The molecule has 0 atom stereocenters. The van der Waals surface area contributed by atoms with Crippen molar-refractivity contribution >= 4 is 28.6 Å². The summed E-state index contributed by atoms with van der Waals surface area (Å²) in [4.78, 5) is 6.83. The zero-order valence-corrected chi connectivity index (χ0v) is 13.9. The monoisotopic (exact) mass is 314 g/mol. The number of pyridine rings is 1. The summed E-state index contributed by atoms with van der Waals surface area (Å²) in [6.07, 6.45) is 12.2. The van der Waals surface area contributed by atoms with Gasteiger partial charge in [0, 0.05) is 36.7 Å². The molecule has 24 heavy (non-hydrogen) atoms. The molecule has 1 saturated heterocycles. The standard InChI is InChI=1S/C22H22N2/c1-4-15-24(16-5-1)22-13-14-23-17-20(22)12-11-19-9-6-8-18-7-2-3-10-21(18)19/h2-3,6-14,17H,1,4-5,15-16H2/b12-11-. The van der Waals surface area contributed by atoms with Gasteiger partial charge in [-0.1, -0.05) is 54.6 Å². The fourth-order valence-electron chi connectivity index (χ4n) is 3.53. The molecule has 3 aromatic rings. The average Bonchev–Trinajstić information content (AvgIpc) is 2.67. The Bertz CT molecular complexity index is 855. The second-order valence-electron chi connectivity index (χ2n) is 6.38. The molecule has 1 aliphatic rings. The summed E-state index contributed by atoms with van der Waals surface area (Å²) in [5, 5.41) is 2.57. The van der Waals surface area contributed by atoms with Crippen molar-refractivity contribution in [1.29, 1.82) is 0 Å². The highest BCUT2D eigenvalue weighted by atomic mass is 15.1. The number of aromatic nitrogens is 1. The van der Waals surface area contributed by atoms with E-state index >= 15 is 0 Å². The second-order valence-corrected chi connectivity index (χ2v) is 6.38. The first kappa shape index (κ1) is 14.9. The minimum absolute atomic E-state index is 1.15. The predicted molar refractivity (Wildman–Crippen MR) is 103 cm³/mol. The lowest BCUT2D eigenvalue weighted by atomic mass is 10.0. The van der Waals surface area contributed by atoms with Gasteiger partial charge in [-0.05, 0) is 41.7 Å². The van der Waals surface area contributed by atoms with Gasteiger partial charge >= 0.3 is 0 Å². The van der Waals surface area contributed by atoms with E-state index in [2.05, 4.69) is 70.6 Å². The minimum Gasteiger partial charge on any atom is -0.371 e. The summed E-state index contributed by atoms with van der Waals surface area (Å²) in [5.74, 6) is 0. The maximum absolute atomic E-state index is 4.34. The maximum atomic E-state index is 4.34. The third kappa shape index (κ3) is 3.05. The van der Waals surface area contributed by atoms with E-state index in [0.717, 1.165) is 13.1 Å². The SMILES string of the molecule is C(=C/c1cccc2ccccc12)/c1cnccc1N1CCCCC1. The molecular weight excluding hydrogens is 292 g/mol. The Kier molecular flexibility index (Phi) is 4.28. The van der Waals surface area contributed by atoms with E-state index in [1.54, 1.807) is 0 Å². The van der Waals surface area contributed by atoms with Gasteiger partial charge in [-0.2, -0.15) is 0 Å². The van der Waals surface area contributed by atoms with Gasteiger partial charge in [0.15, 0.2) is 0 Å². The molecule has 0 radical (unpaired) electrons. The van der Waals surface area contributed by atoms with Gasteiger partial charge < -0.3 is 4.90 Å². The molecule has 0 unspecified atom stereocenters. The number of rotatable bonds is 3. The Hall–Kier alpha value is -2.61. The van der Waals surface area contributed by atoms with Gasteiger partial charge in [-0.25, -0.2) is 0 Å². The van der Waals surface area contributed by atoms with Crippen molar-refractivity contribution in [2.45, 2.75) is 19.3 Å². The predicted octanol–water partition coefficient (Wildman–Crippen LogP) is 5.40. The third-order valence-corrected chi connectivity index (χ3v) is 4.79. The van der Waals surface area contributed by atoms with Crippen LogP contribution in [0.1, 0.15) is 30.4 Å². The van der Waals surface area contributed by atoms with Crippen LogP contribution in [-0.4, -0.2) is 18.1 Å². The highest BCUT2D eigenvalue weighted by molar-refractivity contribution is 5.93. The Morgan fingerprint density at radius 2 is 1.58 bits per heavy atom. The normalized spacial score (nSPS) is 15.2. The molecule has 0 N–H and O–H groups in total. The van der Waals surface area contributed by atoms with Gasteiger partial charge in [-0.15, -0.1) is 0 Å². The van der Waals surface area contributed by atoms with E-state index < -0.39 is 0 Å². The third-order valence-electron chi connectivity index (χ3n) is 4.79. The number of nitrogens with zero attached hydrogens (tertiary/aromatic N) is 2. The van der Waals surface area contributed by atoms with Crippen LogP contribution in [0, 0.1) is 0 Å². The molecule has 4 rings (SSSR count). The zero-order chi connectivity index (χ0) is 16.2. The van der Waals surface area contributed by atoms with Crippen LogP contribution in [-0.2, 0) is 0 Å². The highest BCUT2D eigenvalue weighted by Crippen LogP contribution is 2.26. The molecule has 0 amide bonds. The van der Waals surface area contributed by atoms with Crippen molar-refractivity contribution in [1.82, 2.24) is 4.98 Å². The van der Waals surface area contributed by atoms with Crippen molar-refractivity contribution in [3.05, 3.63) is 72.1 Å². The molecule has 1 aromatic heterocycles. The number of hydrogen-bond acceptors (Lipinski definition) is 2. The van der Waals surface area contributed by atoms with Crippen LogP contribution in [0.5, 0.6) is 0 Å². The molecule has 1 aliphatic heterocycles. The van der Waals surface area contributed by atoms with Crippen molar-refractivity contribution < 1.29 is 0 Å². The summed E-state index contributed by atoms with van der Waals surface area (Å²) < 4.78 is 0. The first-order valence-corrected chi connectivity index (χ1v) is 8.77. The van der Waals surface area contributed by atoms with Crippen molar-refractivity contribution in [2.24, 2.45) is 0 Å². The first-order chi connectivity index (χ1) is 11.9. The zero-order valence-electron chi connectivity index (χ0n) is 13.9. The van der Waals surface area contributed by atoms with Crippen LogP contribution >= 0.6 is 0 Å². The number of benzene rings is 2. The highest BCUT2D eigenvalue weighted by Gasteiger charge is 2.13. The first-order valence-electron chi connectivity index (χ1n) is 8.77. The van der Waals surface area contributed by atoms with E-state index in [0.29, 0.717) is 0 Å². The number of fused-ring (bicyclic) bond motifs is 1. The maximum Gasteiger partial charge on any atom is 0.0470 e. The fraction of sp³-hybridized carbons (Fsp3) is 0.227. The van der Waals surface area contributed by atoms with Crippen LogP contribution in [0.25, 0.3) is 22.9 Å². The molecular formula is C22H22N2. The summed E-state index contributed by atoms with van der Waals surface area (Å²) in [7, 11) is 0. The molecule has 0 spiro atoms. The van der Waals surface area contributed by atoms with Crippen LogP contribution in [0.2, 0.25) is 0 Å². The van der Waals surface area contributed by atoms with Crippen LogP contribution in [0.4, 0.5) is 5.69 Å². The smallest absolute Gasteiger partial charge is 0.0470 e. The van der Waals surface area contributed by atoms with E-state index in [1.165, 1.54) is 46.8 Å². The van der Waals surface area contributed by atoms with Crippen LogP contribution < -0.4 is 4.90 Å². The number of anilines is 1. The van der Waals surface area contributed by atoms with E-state index in [-0.39, 0.29) is 0 Å². The molecule has 2 heterocycles. The summed E-state index contributed by atoms with van der Waals surface area (Å²) in [6.45, 7) is 2.30. The van der Waals surface area contributed by atoms with Crippen LogP contribution in [0.15, 0.2) is 60.9 Å². The van der Waals surface area contributed by atoms with E-state index in [4.69, 9.17) is 0 Å². The summed E-state index contributed by atoms with van der Waals surface area (Å²) in [5.41, 5.74) is 3.76. The lowest BCUT2D eigenvalue weighted by molar-refractivity contribution is 0.577. The molecule has 2 heteroatoms. The Labute approximate surface area is 143 Å². The fourth-order valence-corrected chi connectivity index (χ4v) is 3.53. The number of piperidine rings is 1. The van der Waals surface area contributed by atoms with Gasteiger partial charge in [0.2, 0.25) is 0 Å². The van der Waals surface area contributed by atoms with Crippen LogP contribution in [0.3, 0.4) is 0 Å². The van der Waals surface area contributed by atoms with E-state index in [1.807, 2.05) is 12.4 Å². The Morgan fingerprint density at radius 3 is 2.50 bits per heavy atom. The average molecular weight is 314 g/mol.